The second kappa shape index (κ2) is 13.0. The van der Waals surface area contributed by atoms with Crippen molar-refractivity contribution in [2.45, 2.75) is 44.6 Å². The number of carbonyl (C=O) groups excluding carboxylic acids is 1. The van der Waals surface area contributed by atoms with E-state index in [4.69, 9.17) is 14.5 Å². The summed E-state index contributed by atoms with van der Waals surface area (Å²) < 4.78 is 14.1. The number of carboxylic acid groups (broad SMARTS) is 1. The van der Waals surface area contributed by atoms with E-state index in [0.717, 1.165) is 93.9 Å². The average molecular weight is 656 g/mol. The van der Waals surface area contributed by atoms with E-state index >= 15 is 0 Å². The molecule has 10 heteroatoms. The van der Waals surface area contributed by atoms with Gasteiger partial charge in [0.2, 0.25) is 5.91 Å². The lowest BCUT2D eigenvalue weighted by Gasteiger charge is -2.27. The van der Waals surface area contributed by atoms with Crippen molar-refractivity contribution in [1.82, 2.24) is 14.5 Å². The van der Waals surface area contributed by atoms with E-state index in [9.17, 15) is 14.7 Å². The molecule has 1 amide bonds. The van der Waals surface area contributed by atoms with Crippen molar-refractivity contribution in [3.05, 3.63) is 65.0 Å². The Morgan fingerprint density at radius 3 is 2.35 bits per heavy atom. The molecule has 0 bridgehead atoms. The third-order valence-corrected chi connectivity index (χ3v) is 11.4. The van der Waals surface area contributed by atoms with E-state index in [-0.39, 0.29) is 12.5 Å². The Labute approximate surface area is 276 Å². The monoisotopic (exact) mass is 655 g/mol. The Bertz CT molecular complexity index is 1910. The number of thioether (sulfide) groups is 1. The number of aromatic nitrogens is 2. The highest BCUT2D eigenvalue weighted by molar-refractivity contribution is 7.99. The lowest BCUT2D eigenvalue weighted by atomic mass is 9.83. The molecule has 0 radical (unpaired) electrons. The van der Waals surface area contributed by atoms with Crippen molar-refractivity contribution in [3.63, 3.8) is 0 Å². The van der Waals surface area contributed by atoms with Crippen LogP contribution in [0, 0.1) is 0 Å². The molecule has 1 saturated heterocycles. The molecular formula is C36H37N3O5S2. The first-order valence-corrected chi connectivity index (χ1v) is 17.8. The topological polar surface area (TPSA) is 93.9 Å². The van der Waals surface area contributed by atoms with Gasteiger partial charge < -0.3 is 24.0 Å². The van der Waals surface area contributed by atoms with Gasteiger partial charge in [0, 0.05) is 41.6 Å². The molecule has 5 aromatic rings. The highest BCUT2D eigenvalue weighted by Crippen LogP contribution is 2.47. The maximum Gasteiger partial charge on any atom is 0.345 e. The van der Waals surface area contributed by atoms with E-state index in [0.29, 0.717) is 22.3 Å². The summed E-state index contributed by atoms with van der Waals surface area (Å²) in [5.41, 5.74) is 6.67. The molecule has 1 saturated carbocycles. The summed E-state index contributed by atoms with van der Waals surface area (Å²) in [5, 5.41) is 10.9. The Morgan fingerprint density at radius 2 is 1.65 bits per heavy atom. The number of carbonyl (C=O) groups is 2. The zero-order valence-electron chi connectivity index (χ0n) is 26.1. The number of ether oxygens (including phenoxy) is 2. The molecule has 3 aromatic heterocycles. The molecule has 1 aliphatic heterocycles. The van der Waals surface area contributed by atoms with Crippen LogP contribution >= 0.6 is 23.1 Å². The molecular weight excluding hydrogens is 619 g/mol. The molecule has 0 atom stereocenters. The first kappa shape index (κ1) is 30.6. The standard InChI is InChI=1S/C36H37N3O5S2/c1-43-26-17-25(18-27(19-26)44-2)29-10-8-23-16-24(9-11-28(23)37-29)34-33(22-6-4-3-5-7-22)35-30(20-31(46-35)36(41)42)39(34)21-32(40)38-12-14-45-15-13-38/h8-11,16-20,22H,3-7,12-15,21H2,1-2H3,(H,41,42). The number of pyridine rings is 1. The minimum absolute atomic E-state index is 0.0811. The smallest absolute Gasteiger partial charge is 0.345 e. The summed E-state index contributed by atoms with van der Waals surface area (Å²) in [5.74, 6) is 2.75. The molecule has 2 fully saturated rings. The van der Waals surface area contributed by atoms with Gasteiger partial charge in [0.05, 0.1) is 41.3 Å². The molecule has 2 aliphatic rings. The molecule has 46 heavy (non-hydrogen) atoms. The fourth-order valence-corrected chi connectivity index (χ4v) is 8.96. The van der Waals surface area contributed by atoms with Crippen molar-refractivity contribution >= 4 is 56.1 Å². The molecule has 2 aromatic carbocycles. The van der Waals surface area contributed by atoms with E-state index in [2.05, 4.69) is 22.8 Å². The number of hydrogen-bond donors (Lipinski definition) is 1. The second-order valence-electron chi connectivity index (χ2n) is 12.0. The van der Waals surface area contributed by atoms with Crippen LogP contribution in [0.5, 0.6) is 11.5 Å². The van der Waals surface area contributed by atoms with E-state index in [1.807, 2.05) is 47.0 Å². The number of carboxylic acids is 1. The number of aromatic carboxylic acids is 1. The maximum atomic E-state index is 13.8. The average Bonchev–Trinajstić information content (AvgIpc) is 3.66. The van der Waals surface area contributed by atoms with Gasteiger partial charge in [-0.2, -0.15) is 11.8 Å². The maximum absolute atomic E-state index is 13.8. The van der Waals surface area contributed by atoms with Gasteiger partial charge in [0.1, 0.15) is 22.9 Å². The van der Waals surface area contributed by atoms with E-state index in [1.165, 1.54) is 23.3 Å². The van der Waals surface area contributed by atoms with Gasteiger partial charge in [-0.25, -0.2) is 9.78 Å². The first-order valence-electron chi connectivity index (χ1n) is 15.8. The summed E-state index contributed by atoms with van der Waals surface area (Å²) in [6, 6.07) is 17.9. The van der Waals surface area contributed by atoms with Crippen LogP contribution in [0.15, 0.2) is 54.6 Å². The Hall–Kier alpha value is -4.02. The normalized spacial score (nSPS) is 15.8. The molecule has 1 aliphatic carbocycles. The van der Waals surface area contributed by atoms with Crippen LogP contribution in [0.4, 0.5) is 0 Å². The zero-order chi connectivity index (χ0) is 31.8. The van der Waals surface area contributed by atoms with Crippen molar-refractivity contribution in [3.8, 4) is 34.0 Å². The van der Waals surface area contributed by atoms with Gasteiger partial charge in [0.25, 0.3) is 0 Å². The predicted octanol–water partition coefficient (Wildman–Crippen LogP) is 7.92. The first-order chi connectivity index (χ1) is 22.4. The van der Waals surface area contributed by atoms with Crippen LogP contribution in [-0.2, 0) is 11.3 Å². The highest BCUT2D eigenvalue weighted by atomic mass is 32.2. The fraction of sp³-hybridized carbons (Fsp3) is 0.361. The Kier molecular flexibility index (Phi) is 8.66. The summed E-state index contributed by atoms with van der Waals surface area (Å²) in [7, 11) is 3.27. The lowest BCUT2D eigenvalue weighted by molar-refractivity contribution is -0.131. The lowest BCUT2D eigenvalue weighted by Crippen LogP contribution is -2.39. The number of benzene rings is 2. The largest absolute Gasteiger partial charge is 0.497 e. The van der Waals surface area contributed by atoms with Crippen molar-refractivity contribution in [1.29, 1.82) is 0 Å². The molecule has 7 rings (SSSR count). The molecule has 238 valence electrons. The minimum atomic E-state index is -0.926. The van der Waals surface area contributed by atoms with E-state index in [1.54, 1.807) is 20.3 Å². The molecule has 0 unspecified atom stereocenters. The van der Waals surface area contributed by atoms with Crippen molar-refractivity contribution in [2.75, 3.05) is 38.8 Å². The predicted molar refractivity (Wildman–Crippen MR) is 186 cm³/mol. The Morgan fingerprint density at radius 1 is 0.913 bits per heavy atom. The van der Waals surface area contributed by atoms with Gasteiger partial charge in [0.15, 0.2) is 0 Å². The van der Waals surface area contributed by atoms with Crippen LogP contribution in [0.2, 0.25) is 0 Å². The van der Waals surface area contributed by atoms with Crippen molar-refractivity contribution in [2.24, 2.45) is 0 Å². The van der Waals surface area contributed by atoms with Crippen LogP contribution < -0.4 is 9.47 Å². The minimum Gasteiger partial charge on any atom is -0.497 e. The molecule has 1 N–H and O–H groups in total. The number of nitrogens with zero attached hydrogens (tertiary/aromatic N) is 3. The van der Waals surface area contributed by atoms with E-state index < -0.39 is 5.97 Å². The van der Waals surface area contributed by atoms with Crippen LogP contribution in [0.1, 0.15) is 53.3 Å². The third kappa shape index (κ3) is 5.84. The van der Waals surface area contributed by atoms with Gasteiger partial charge in [-0.3, -0.25) is 4.79 Å². The third-order valence-electron chi connectivity index (χ3n) is 9.26. The fourth-order valence-electron chi connectivity index (χ4n) is 6.94. The van der Waals surface area contributed by atoms with Crippen LogP contribution in [0.25, 0.3) is 43.6 Å². The number of hydrogen-bond acceptors (Lipinski definition) is 7. The number of fused-ring (bicyclic) bond motifs is 2. The highest BCUT2D eigenvalue weighted by Gasteiger charge is 2.30. The summed E-state index contributed by atoms with van der Waals surface area (Å²) in [6.07, 6.45) is 5.64. The molecule has 8 nitrogen and oxygen atoms in total. The summed E-state index contributed by atoms with van der Waals surface area (Å²) in [6.45, 7) is 1.67. The van der Waals surface area contributed by atoms with Crippen LogP contribution in [-0.4, -0.2) is 70.2 Å². The van der Waals surface area contributed by atoms with Gasteiger partial charge in [-0.05, 0) is 66.3 Å². The van der Waals surface area contributed by atoms with Crippen LogP contribution in [0.3, 0.4) is 0 Å². The Balaban J connectivity index is 1.37. The number of thiophene rings is 1. The zero-order valence-corrected chi connectivity index (χ0v) is 27.7. The SMILES string of the molecule is COc1cc(OC)cc(-c2ccc3cc(-c4c(C5CCCCC5)c5sc(C(=O)O)cc5n4CC(=O)N4CCSCC4)ccc3n2)c1. The van der Waals surface area contributed by atoms with Gasteiger partial charge in [-0.1, -0.05) is 31.4 Å². The van der Waals surface area contributed by atoms with Gasteiger partial charge >= 0.3 is 5.97 Å². The summed E-state index contributed by atoms with van der Waals surface area (Å²) in [4.78, 5) is 33.2. The van der Waals surface area contributed by atoms with Crippen molar-refractivity contribution < 1.29 is 24.2 Å². The molecule has 0 spiro atoms. The quantitative estimate of drug-likeness (QED) is 0.182. The number of amides is 1. The number of methoxy groups -OCH3 is 2. The summed E-state index contributed by atoms with van der Waals surface area (Å²) >= 11 is 3.22. The number of rotatable bonds is 8. The molecule has 4 heterocycles. The second-order valence-corrected chi connectivity index (χ2v) is 14.3. The van der Waals surface area contributed by atoms with Gasteiger partial charge in [-0.15, -0.1) is 11.3 Å².